The molecule has 8 heteroatoms. The fourth-order valence-corrected chi connectivity index (χ4v) is 2.91. The molecule has 1 aromatic rings. The zero-order chi connectivity index (χ0) is 19.3. The first-order valence-electron chi connectivity index (χ1n) is 7.07. The van der Waals surface area contributed by atoms with Gasteiger partial charge in [0.15, 0.2) is 0 Å². The van der Waals surface area contributed by atoms with E-state index in [-0.39, 0.29) is 11.1 Å². The Labute approximate surface area is 138 Å². The predicted molar refractivity (Wildman–Crippen MR) is 75.8 cm³/mol. The molecule has 1 aliphatic rings. The van der Waals surface area contributed by atoms with Crippen LogP contribution in [0.1, 0.15) is 19.4 Å². The van der Waals surface area contributed by atoms with Crippen molar-refractivity contribution in [3.05, 3.63) is 65.4 Å². The van der Waals surface area contributed by atoms with Crippen LogP contribution in [0, 0.1) is 12.2 Å². The molecule has 0 aliphatic heterocycles. The van der Waals surface area contributed by atoms with Gasteiger partial charge in [-0.05, 0) is 18.6 Å². The first-order chi connectivity index (χ1) is 11.2. The third kappa shape index (κ3) is 3.18. The second-order valence-corrected chi connectivity index (χ2v) is 6.05. The monoisotopic (exact) mass is 369 g/mol. The van der Waals surface area contributed by atoms with Crippen LogP contribution in [0.5, 0.6) is 0 Å². The minimum atomic E-state index is -6.22. The first-order valence-corrected chi connectivity index (χ1v) is 7.07. The van der Waals surface area contributed by atoms with Crippen LogP contribution < -0.4 is 0 Å². The highest BCUT2D eigenvalue weighted by molar-refractivity contribution is 5.51. The molecule has 0 fully saturated rings. The van der Waals surface area contributed by atoms with Crippen molar-refractivity contribution in [3.8, 4) is 0 Å². The van der Waals surface area contributed by atoms with Gasteiger partial charge in [0, 0.05) is 17.4 Å². The molecule has 0 nitrogen and oxygen atoms in total. The summed E-state index contributed by atoms with van der Waals surface area (Å²) in [5.74, 6) is -0.824. The summed E-state index contributed by atoms with van der Waals surface area (Å²) in [6.45, 7) is 2.44. The van der Waals surface area contributed by atoms with Gasteiger partial charge in [-0.25, -0.2) is 8.78 Å². The van der Waals surface area contributed by atoms with E-state index < -0.39 is 34.8 Å². The molecule has 2 rings (SSSR count). The maximum Gasteiger partial charge on any atom is 0.435 e. The summed E-state index contributed by atoms with van der Waals surface area (Å²) in [6, 6.07) is 4.95. The van der Waals surface area contributed by atoms with E-state index in [9.17, 15) is 35.1 Å². The van der Waals surface area contributed by atoms with Crippen LogP contribution in [0.3, 0.4) is 0 Å². The molecule has 0 saturated carbocycles. The summed E-state index contributed by atoms with van der Waals surface area (Å²) in [6.07, 6.45) is -10.2. The second-order valence-electron chi connectivity index (χ2n) is 6.05. The molecular formula is C17H13F8. The van der Waals surface area contributed by atoms with Crippen LogP contribution in [0.15, 0.2) is 47.6 Å². The minimum absolute atomic E-state index is 0.0428. The summed E-state index contributed by atoms with van der Waals surface area (Å²) in [5.41, 5.74) is -9.04. The number of hydrogen-bond donors (Lipinski definition) is 0. The molecule has 1 aliphatic carbocycles. The Hall–Kier alpha value is -1.86. The van der Waals surface area contributed by atoms with Crippen LogP contribution >= 0.6 is 0 Å². The smallest absolute Gasteiger partial charge is 0.218 e. The minimum Gasteiger partial charge on any atom is -0.218 e. The lowest BCUT2D eigenvalue weighted by Gasteiger charge is -2.37. The first kappa shape index (κ1) is 19.5. The Bertz CT molecular complexity index is 709. The van der Waals surface area contributed by atoms with Crippen molar-refractivity contribution in [1.29, 1.82) is 0 Å². The van der Waals surface area contributed by atoms with E-state index in [1.807, 2.05) is 0 Å². The number of halogens is 8. The summed E-state index contributed by atoms with van der Waals surface area (Å²) in [7, 11) is 0. The van der Waals surface area contributed by atoms with E-state index >= 15 is 0 Å². The molecule has 1 atom stereocenters. The van der Waals surface area contributed by atoms with Gasteiger partial charge in [0.25, 0.3) is 0 Å². The Morgan fingerprint density at radius 3 is 1.88 bits per heavy atom. The SMILES string of the molecule is CC1=CC(C(F)(C(F)(F)F)C(F)(F)F)=CC(C)(c2ccccc2F)[CH]1. The maximum atomic E-state index is 14.4. The van der Waals surface area contributed by atoms with Crippen molar-refractivity contribution in [2.75, 3.05) is 0 Å². The van der Waals surface area contributed by atoms with Gasteiger partial charge in [0.2, 0.25) is 0 Å². The number of hydrogen-bond acceptors (Lipinski definition) is 0. The Morgan fingerprint density at radius 1 is 0.880 bits per heavy atom. The fourth-order valence-electron chi connectivity index (χ4n) is 2.91. The molecule has 1 unspecified atom stereocenters. The Balaban J connectivity index is 2.71. The third-order valence-electron chi connectivity index (χ3n) is 4.00. The lowest BCUT2D eigenvalue weighted by molar-refractivity contribution is -0.325. The molecule has 1 aromatic carbocycles. The van der Waals surface area contributed by atoms with Gasteiger partial charge in [-0.15, -0.1) is 0 Å². The number of benzene rings is 1. The normalized spacial score (nSPS) is 22.5. The van der Waals surface area contributed by atoms with Gasteiger partial charge >= 0.3 is 18.0 Å². The maximum absolute atomic E-state index is 14.4. The van der Waals surface area contributed by atoms with Crippen molar-refractivity contribution in [2.45, 2.75) is 37.3 Å². The van der Waals surface area contributed by atoms with Crippen molar-refractivity contribution >= 4 is 0 Å². The van der Waals surface area contributed by atoms with Gasteiger partial charge in [-0.2, -0.15) is 26.3 Å². The van der Waals surface area contributed by atoms with E-state index in [0.717, 1.165) is 6.07 Å². The van der Waals surface area contributed by atoms with Crippen molar-refractivity contribution in [1.82, 2.24) is 0 Å². The molecule has 0 N–H and O–H groups in total. The zero-order valence-electron chi connectivity index (χ0n) is 13.1. The van der Waals surface area contributed by atoms with Crippen molar-refractivity contribution in [3.63, 3.8) is 0 Å². The third-order valence-corrected chi connectivity index (χ3v) is 4.00. The molecular weight excluding hydrogens is 356 g/mol. The van der Waals surface area contributed by atoms with E-state index in [4.69, 9.17) is 0 Å². The van der Waals surface area contributed by atoms with Crippen LogP contribution in [-0.2, 0) is 5.41 Å². The van der Waals surface area contributed by atoms with Crippen LogP contribution in [-0.4, -0.2) is 18.0 Å². The van der Waals surface area contributed by atoms with Gasteiger partial charge in [0.1, 0.15) is 5.82 Å². The quantitative estimate of drug-likeness (QED) is 0.561. The Morgan fingerprint density at radius 2 is 1.40 bits per heavy atom. The second kappa shape index (κ2) is 5.85. The van der Waals surface area contributed by atoms with E-state index in [1.165, 1.54) is 38.5 Å². The van der Waals surface area contributed by atoms with E-state index in [1.54, 1.807) is 0 Å². The van der Waals surface area contributed by atoms with Gasteiger partial charge < -0.3 is 0 Å². The number of allylic oxidation sites excluding steroid dienone is 4. The van der Waals surface area contributed by atoms with Gasteiger partial charge in [-0.3, -0.25) is 0 Å². The van der Waals surface area contributed by atoms with Crippen molar-refractivity contribution < 1.29 is 35.1 Å². The molecule has 0 saturated heterocycles. The highest BCUT2D eigenvalue weighted by atomic mass is 19.4. The van der Waals surface area contributed by atoms with Crippen LogP contribution in [0.25, 0.3) is 0 Å². The average molecular weight is 369 g/mol. The molecule has 0 spiro atoms. The fraction of sp³-hybridized carbons (Fsp3) is 0.353. The van der Waals surface area contributed by atoms with Gasteiger partial charge in [0.05, 0.1) is 0 Å². The van der Waals surface area contributed by atoms with E-state index in [2.05, 4.69) is 0 Å². The number of rotatable bonds is 2. The molecule has 0 bridgehead atoms. The highest BCUT2D eigenvalue weighted by Gasteiger charge is 2.74. The standard InChI is InChI=1S/C17H13F8/c1-10-7-11(15(19,16(20,21)22)17(23,24)25)9-14(2,8-10)12-5-3-4-6-13(12)18/h3-9H,1-2H3. The summed E-state index contributed by atoms with van der Waals surface area (Å²) in [5, 5.41) is 0. The largest absolute Gasteiger partial charge is 0.435 e. The average Bonchev–Trinajstić information content (AvgIpc) is 2.43. The number of alkyl halides is 7. The van der Waals surface area contributed by atoms with E-state index in [0.29, 0.717) is 12.2 Å². The zero-order valence-corrected chi connectivity index (χ0v) is 13.1. The molecule has 25 heavy (non-hydrogen) atoms. The molecule has 0 aromatic heterocycles. The summed E-state index contributed by atoms with van der Waals surface area (Å²) < 4.78 is 106. The lowest BCUT2D eigenvalue weighted by atomic mass is 9.70. The predicted octanol–water partition coefficient (Wildman–Crippen LogP) is 6.01. The molecule has 137 valence electrons. The molecule has 0 amide bonds. The van der Waals surface area contributed by atoms with Gasteiger partial charge in [-0.1, -0.05) is 42.8 Å². The van der Waals surface area contributed by atoms with Crippen LogP contribution in [0.4, 0.5) is 35.1 Å². The van der Waals surface area contributed by atoms with Crippen molar-refractivity contribution in [2.24, 2.45) is 0 Å². The summed E-state index contributed by atoms with van der Waals surface area (Å²) >= 11 is 0. The Kier molecular flexibility index (Phi) is 4.55. The molecule has 0 heterocycles. The highest BCUT2D eigenvalue weighted by Crippen LogP contribution is 2.53. The topological polar surface area (TPSA) is 0 Å². The molecule has 1 radical (unpaired) electrons. The van der Waals surface area contributed by atoms with Crippen LogP contribution in [0.2, 0.25) is 0 Å². The lowest BCUT2D eigenvalue weighted by Crippen LogP contribution is -2.55. The summed E-state index contributed by atoms with van der Waals surface area (Å²) in [4.78, 5) is 0.